The van der Waals surface area contributed by atoms with Gasteiger partial charge in [0.1, 0.15) is 12.7 Å². The summed E-state index contributed by atoms with van der Waals surface area (Å²) in [4.78, 5) is 32.2. The van der Waals surface area contributed by atoms with Gasteiger partial charge in [-0.15, -0.1) is 0 Å². The van der Waals surface area contributed by atoms with E-state index in [1.165, 1.54) is 5.57 Å². The summed E-state index contributed by atoms with van der Waals surface area (Å²) in [6.07, 6.45) is 3.46. The van der Waals surface area contributed by atoms with Crippen LogP contribution in [0.1, 0.15) is 44.0 Å². The zero-order valence-electron chi connectivity index (χ0n) is 14.8. The van der Waals surface area contributed by atoms with Gasteiger partial charge in [-0.05, 0) is 33.6 Å². The summed E-state index contributed by atoms with van der Waals surface area (Å²) in [6.45, 7) is 5.92. The van der Waals surface area contributed by atoms with Gasteiger partial charge in [-0.2, -0.15) is 0 Å². The Balaban J connectivity index is 1.98. The number of non-ortho nitro benzene ring substituents is 2. The van der Waals surface area contributed by atoms with Gasteiger partial charge in [-0.1, -0.05) is 11.6 Å². The monoisotopic (exact) mass is 364 g/mol. The van der Waals surface area contributed by atoms with E-state index in [-0.39, 0.29) is 23.9 Å². The number of carbonyl (C=O) groups is 1. The molecule has 1 saturated heterocycles. The van der Waals surface area contributed by atoms with E-state index in [0.717, 1.165) is 31.0 Å². The van der Waals surface area contributed by atoms with Crippen molar-refractivity contribution in [1.29, 1.82) is 0 Å². The molecule has 0 bridgehead atoms. The fourth-order valence-corrected chi connectivity index (χ4v) is 2.53. The van der Waals surface area contributed by atoms with Crippen LogP contribution in [-0.4, -0.2) is 34.1 Å². The second kappa shape index (κ2) is 7.61. The van der Waals surface area contributed by atoms with Crippen molar-refractivity contribution in [3.8, 4) is 0 Å². The summed E-state index contributed by atoms with van der Waals surface area (Å²) < 4.78 is 10.7. The minimum atomic E-state index is -0.862. The van der Waals surface area contributed by atoms with Crippen LogP contribution >= 0.6 is 0 Å². The second-order valence-corrected chi connectivity index (χ2v) is 6.59. The summed E-state index contributed by atoms with van der Waals surface area (Å²) in [6, 6.07) is 2.70. The molecule has 1 fully saturated rings. The van der Waals surface area contributed by atoms with E-state index in [1.54, 1.807) is 0 Å². The maximum atomic E-state index is 12.1. The van der Waals surface area contributed by atoms with Crippen molar-refractivity contribution in [3.63, 3.8) is 0 Å². The summed E-state index contributed by atoms with van der Waals surface area (Å²) in [5.74, 6) is -0.862. The summed E-state index contributed by atoms with van der Waals surface area (Å²) in [5.41, 5.74) is -0.482. The highest BCUT2D eigenvalue weighted by atomic mass is 16.6. The molecule has 0 N–H and O–H groups in total. The van der Waals surface area contributed by atoms with Gasteiger partial charge in [0.05, 0.1) is 27.1 Å². The highest BCUT2D eigenvalue weighted by Crippen LogP contribution is 2.40. The number of nitrogens with zero attached hydrogens (tertiary/aromatic N) is 2. The molecule has 2 rings (SSSR count). The normalized spacial score (nSPS) is 21.0. The van der Waals surface area contributed by atoms with Crippen LogP contribution in [-0.2, 0) is 9.47 Å². The van der Waals surface area contributed by atoms with Crippen LogP contribution in [0.5, 0.6) is 0 Å². The number of nitro groups is 2. The highest BCUT2D eigenvalue weighted by Gasteiger charge is 2.52. The average molecular weight is 364 g/mol. The Morgan fingerprint density at radius 2 is 1.81 bits per heavy atom. The first kappa shape index (κ1) is 19.5. The predicted molar refractivity (Wildman–Crippen MR) is 92.0 cm³/mol. The molecule has 0 aliphatic carbocycles. The summed E-state index contributed by atoms with van der Waals surface area (Å²) in [7, 11) is 0. The molecule has 9 heteroatoms. The molecule has 0 saturated carbocycles. The Hall–Kier alpha value is -2.81. The molecule has 0 spiro atoms. The van der Waals surface area contributed by atoms with Crippen molar-refractivity contribution < 1.29 is 24.1 Å². The number of epoxide rings is 1. The fraction of sp³-hybridized carbons (Fsp3) is 0.471. The molecule has 1 aliphatic rings. The van der Waals surface area contributed by atoms with E-state index >= 15 is 0 Å². The molecule has 26 heavy (non-hydrogen) atoms. The summed E-state index contributed by atoms with van der Waals surface area (Å²) in [5, 5.41) is 21.7. The lowest BCUT2D eigenvalue weighted by Gasteiger charge is -2.06. The Labute approximate surface area is 149 Å². The third-order valence-corrected chi connectivity index (χ3v) is 4.15. The third-order valence-electron chi connectivity index (χ3n) is 4.15. The van der Waals surface area contributed by atoms with Crippen molar-refractivity contribution in [1.82, 2.24) is 0 Å². The Bertz CT molecular complexity index is 738. The molecule has 2 atom stereocenters. The van der Waals surface area contributed by atoms with E-state index in [0.29, 0.717) is 0 Å². The molecule has 9 nitrogen and oxygen atoms in total. The van der Waals surface area contributed by atoms with E-state index < -0.39 is 27.2 Å². The molecule has 0 radical (unpaired) electrons. The van der Waals surface area contributed by atoms with Gasteiger partial charge in [-0.25, -0.2) is 4.79 Å². The predicted octanol–water partition coefficient (Wildman–Crippen LogP) is 3.56. The zero-order chi connectivity index (χ0) is 19.5. The van der Waals surface area contributed by atoms with Crippen molar-refractivity contribution in [2.24, 2.45) is 0 Å². The molecular weight excluding hydrogens is 344 g/mol. The van der Waals surface area contributed by atoms with Gasteiger partial charge in [0, 0.05) is 12.1 Å². The van der Waals surface area contributed by atoms with Crippen LogP contribution in [0.15, 0.2) is 29.8 Å². The van der Waals surface area contributed by atoms with Crippen LogP contribution in [0.25, 0.3) is 0 Å². The standard InChI is InChI=1S/C17H20N2O7/c1-11(2)5-4-6-17(3)15(26-17)10-25-16(20)12-7-13(18(21)22)9-14(8-12)19(23)24/h5,7-9,15H,4,6,10H2,1-3H3/t15-,17-/m1/s1. The van der Waals surface area contributed by atoms with Gasteiger partial charge in [0.15, 0.2) is 0 Å². The van der Waals surface area contributed by atoms with Crippen molar-refractivity contribution in [2.75, 3.05) is 6.61 Å². The number of allylic oxidation sites excluding steroid dienone is 2. The van der Waals surface area contributed by atoms with Gasteiger partial charge in [0.2, 0.25) is 0 Å². The van der Waals surface area contributed by atoms with Crippen molar-refractivity contribution in [2.45, 2.75) is 45.3 Å². The molecule has 140 valence electrons. The molecule has 0 amide bonds. The quantitative estimate of drug-likeness (QED) is 0.227. The highest BCUT2D eigenvalue weighted by molar-refractivity contribution is 5.91. The second-order valence-electron chi connectivity index (χ2n) is 6.59. The minimum Gasteiger partial charge on any atom is -0.459 e. The number of hydrogen-bond donors (Lipinski definition) is 0. The lowest BCUT2D eigenvalue weighted by Crippen LogP contribution is -2.17. The van der Waals surface area contributed by atoms with Crippen LogP contribution in [0.2, 0.25) is 0 Å². The lowest BCUT2D eigenvalue weighted by atomic mass is 10.0. The van der Waals surface area contributed by atoms with Gasteiger partial charge in [-0.3, -0.25) is 20.2 Å². The third kappa shape index (κ3) is 4.85. The SMILES string of the molecule is CC(C)=CCC[C@@]1(C)O[C@@H]1COC(=O)c1cc([N+](=O)[O-])cc([N+](=O)[O-])c1. The van der Waals surface area contributed by atoms with Crippen LogP contribution in [0.4, 0.5) is 11.4 Å². The number of rotatable bonds is 8. The van der Waals surface area contributed by atoms with Crippen molar-refractivity contribution >= 4 is 17.3 Å². The Morgan fingerprint density at radius 3 is 2.31 bits per heavy atom. The average Bonchev–Trinajstić information content (AvgIpc) is 3.21. The first-order valence-corrected chi connectivity index (χ1v) is 8.04. The number of benzene rings is 1. The lowest BCUT2D eigenvalue weighted by molar-refractivity contribution is -0.394. The fourth-order valence-electron chi connectivity index (χ4n) is 2.53. The zero-order valence-corrected chi connectivity index (χ0v) is 14.8. The van der Waals surface area contributed by atoms with Crippen LogP contribution in [0, 0.1) is 20.2 Å². The molecule has 1 aliphatic heterocycles. The maximum absolute atomic E-state index is 12.1. The van der Waals surface area contributed by atoms with E-state index in [2.05, 4.69) is 6.08 Å². The van der Waals surface area contributed by atoms with Crippen LogP contribution < -0.4 is 0 Å². The van der Waals surface area contributed by atoms with E-state index in [9.17, 15) is 25.0 Å². The number of carbonyl (C=O) groups excluding carboxylic acids is 1. The summed E-state index contributed by atoms with van der Waals surface area (Å²) >= 11 is 0. The van der Waals surface area contributed by atoms with Crippen molar-refractivity contribution in [3.05, 3.63) is 55.6 Å². The Kier molecular flexibility index (Phi) is 5.71. The molecule has 0 aromatic heterocycles. The molecule has 0 unspecified atom stereocenters. The van der Waals surface area contributed by atoms with E-state index in [1.807, 2.05) is 20.8 Å². The number of hydrogen-bond acceptors (Lipinski definition) is 7. The van der Waals surface area contributed by atoms with Gasteiger partial charge >= 0.3 is 5.97 Å². The molecule has 1 aromatic carbocycles. The first-order valence-electron chi connectivity index (χ1n) is 8.04. The number of nitro benzene ring substituents is 2. The molecule has 1 heterocycles. The largest absolute Gasteiger partial charge is 0.459 e. The first-order chi connectivity index (χ1) is 12.1. The number of esters is 1. The van der Waals surface area contributed by atoms with Crippen LogP contribution in [0.3, 0.4) is 0 Å². The number of ether oxygens (including phenoxy) is 2. The smallest absolute Gasteiger partial charge is 0.338 e. The minimum absolute atomic E-state index is 0.0132. The Morgan fingerprint density at radius 1 is 1.23 bits per heavy atom. The van der Waals surface area contributed by atoms with Gasteiger partial charge in [0.25, 0.3) is 11.4 Å². The topological polar surface area (TPSA) is 125 Å². The molecular formula is C17H20N2O7. The van der Waals surface area contributed by atoms with E-state index in [4.69, 9.17) is 9.47 Å². The van der Waals surface area contributed by atoms with Gasteiger partial charge < -0.3 is 9.47 Å². The molecule has 1 aromatic rings. The maximum Gasteiger partial charge on any atom is 0.338 e.